The monoisotopic (exact) mass is 230 g/mol. The number of fused-ring (bicyclic) bond motifs is 1. The number of nitrogens with one attached hydrogen (secondary N) is 1. The molecule has 2 nitrogen and oxygen atoms in total. The van der Waals surface area contributed by atoms with Crippen LogP contribution in [0.4, 0.5) is 0 Å². The van der Waals surface area contributed by atoms with E-state index >= 15 is 0 Å². The van der Waals surface area contributed by atoms with Crippen molar-refractivity contribution < 1.29 is 0 Å². The van der Waals surface area contributed by atoms with Crippen LogP contribution in [0.5, 0.6) is 0 Å². The van der Waals surface area contributed by atoms with Crippen molar-refractivity contribution in [2.24, 2.45) is 11.7 Å². The van der Waals surface area contributed by atoms with Crippen LogP contribution in [0, 0.1) is 5.92 Å². The van der Waals surface area contributed by atoms with Crippen LogP contribution in [0.15, 0.2) is 18.2 Å². The lowest BCUT2D eigenvalue weighted by Gasteiger charge is -2.17. The molecule has 92 valence electrons. The fourth-order valence-corrected chi connectivity index (χ4v) is 3.23. The molecule has 1 aromatic rings. The highest BCUT2D eigenvalue weighted by Crippen LogP contribution is 2.28. The Hall–Kier alpha value is -0.860. The lowest BCUT2D eigenvalue weighted by Crippen LogP contribution is -2.17. The maximum atomic E-state index is 6.34. The van der Waals surface area contributed by atoms with Crippen LogP contribution < -0.4 is 11.1 Å². The zero-order valence-corrected chi connectivity index (χ0v) is 10.4. The predicted octanol–water partition coefficient (Wildman–Crippen LogP) is 2.17. The van der Waals surface area contributed by atoms with Crippen LogP contribution in [0.2, 0.25) is 0 Å². The Balaban J connectivity index is 1.70. The minimum Gasteiger partial charge on any atom is -0.324 e. The fourth-order valence-electron chi connectivity index (χ4n) is 3.23. The molecule has 1 heterocycles. The van der Waals surface area contributed by atoms with E-state index < -0.39 is 0 Å². The molecule has 2 unspecified atom stereocenters. The molecule has 17 heavy (non-hydrogen) atoms. The van der Waals surface area contributed by atoms with Gasteiger partial charge in [0.15, 0.2) is 0 Å². The molecule has 1 fully saturated rings. The van der Waals surface area contributed by atoms with Gasteiger partial charge in [-0.25, -0.2) is 0 Å². The highest BCUT2D eigenvalue weighted by Gasteiger charge is 2.19. The average Bonchev–Trinajstić information content (AvgIpc) is 2.97. The molecule has 0 saturated carbocycles. The van der Waals surface area contributed by atoms with Gasteiger partial charge in [0.05, 0.1) is 0 Å². The lowest BCUT2D eigenvalue weighted by atomic mass is 9.93. The number of nitrogens with two attached hydrogens (primary N) is 1. The van der Waals surface area contributed by atoms with Gasteiger partial charge in [-0.05, 0) is 67.8 Å². The van der Waals surface area contributed by atoms with E-state index in [2.05, 4.69) is 23.5 Å². The van der Waals surface area contributed by atoms with Gasteiger partial charge in [0.25, 0.3) is 0 Å². The Morgan fingerprint density at radius 1 is 1.29 bits per heavy atom. The summed E-state index contributed by atoms with van der Waals surface area (Å²) in [6, 6.07) is 7.13. The van der Waals surface area contributed by atoms with Crippen molar-refractivity contribution in [3.05, 3.63) is 34.9 Å². The van der Waals surface area contributed by atoms with Gasteiger partial charge in [-0.1, -0.05) is 18.2 Å². The minimum atomic E-state index is 0.228. The molecule has 2 heteroatoms. The van der Waals surface area contributed by atoms with Crippen LogP contribution in [-0.4, -0.2) is 13.1 Å². The highest BCUT2D eigenvalue weighted by atomic mass is 14.9. The number of benzene rings is 1. The molecule has 3 N–H and O–H groups in total. The fraction of sp³-hybridized carbons (Fsp3) is 0.600. The van der Waals surface area contributed by atoms with E-state index in [9.17, 15) is 0 Å². The molecule has 1 aliphatic carbocycles. The Kier molecular flexibility index (Phi) is 3.17. The van der Waals surface area contributed by atoms with Crippen molar-refractivity contribution in [2.75, 3.05) is 13.1 Å². The zero-order chi connectivity index (χ0) is 11.7. The van der Waals surface area contributed by atoms with E-state index in [4.69, 9.17) is 5.73 Å². The first-order valence-corrected chi connectivity index (χ1v) is 6.91. The molecule has 0 radical (unpaired) electrons. The number of aryl methyl sites for hydroxylation is 2. The first-order chi connectivity index (χ1) is 8.33. The SMILES string of the molecule is NC(CC1CCNC1)c1ccc2c(c1)CCC2. The van der Waals surface area contributed by atoms with Crippen LogP contribution in [0.3, 0.4) is 0 Å². The highest BCUT2D eigenvalue weighted by molar-refractivity contribution is 5.36. The van der Waals surface area contributed by atoms with Gasteiger partial charge in [0, 0.05) is 6.04 Å². The smallest absolute Gasteiger partial charge is 0.0298 e. The van der Waals surface area contributed by atoms with Gasteiger partial charge in [0.1, 0.15) is 0 Å². The number of hydrogen-bond acceptors (Lipinski definition) is 2. The van der Waals surface area contributed by atoms with Gasteiger partial charge < -0.3 is 11.1 Å². The summed E-state index contributed by atoms with van der Waals surface area (Å²) < 4.78 is 0. The summed E-state index contributed by atoms with van der Waals surface area (Å²) in [5.41, 5.74) is 10.8. The van der Waals surface area contributed by atoms with Crippen LogP contribution in [0.25, 0.3) is 0 Å². The summed E-state index contributed by atoms with van der Waals surface area (Å²) in [7, 11) is 0. The molecule has 0 spiro atoms. The molecule has 1 aromatic carbocycles. The largest absolute Gasteiger partial charge is 0.324 e. The first kappa shape index (κ1) is 11.2. The minimum absolute atomic E-state index is 0.228. The number of rotatable bonds is 3. The quantitative estimate of drug-likeness (QED) is 0.835. The zero-order valence-electron chi connectivity index (χ0n) is 10.4. The Bertz CT molecular complexity index is 394. The summed E-state index contributed by atoms with van der Waals surface area (Å²) in [6.07, 6.45) is 6.25. The van der Waals surface area contributed by atoms with Gasteiger partial charge >= 0.3 is 0 Å². The molecular weight excluding hydrogens is 208 g/mol. The summed E-state index contributed by atoms with van der Waals surface area (Å²) in [5.74, 6) is 0.776. The van der Waals surface area contributed by atoms with E-state index in [-0.39, 0.29) is 6.04 Å². The first-order valence-electron chi connectivity index (χ1n) is 6.91. The van der Waals surface area contributed by atoms with E-state index in [0.717, 1.165) is 18.9 Å². The lowest BCUT2D eigenvalue weighted by molar-refractivity contribution is 0.473. The van der Waals surface area contributed by atoms with Crippen molar-refractivity contribution in [3.63, 3.8) is 0 Å². The van der Waals surface area contributed by atoms with Crippen LogP contribution in [-0.2, 0) is 12.8 Å². The maximum absolute atomic E-state index is 6.34. The molecule has 0 aromatic heterocycles. The maximum Gasteiger partial charge on any atom is 0.0298 e. The molecule has 1 aliphatic heterocycles. The second-order valence-electron chi connectivity index (χ2n) is 5.58. The van der Waals surface area contributed by atoms with Crippen LogP contribution >= 0.6 is 0 Å². The number of hydrogen-bond donors (Lipinski definition) is 2. The van der Waals surface area contributed by atoms with E-state index in [1.54, 1.807) is 11.1 Å². The van der Waals surface area contributed by atoms with Crippen molar-refractivity contribution in [1.29, 1.82) is 0 Å². The summed E-state index contributed by atoms with van der Waals surface area (Å²) in [6.45, 7) is 2.32. The summed E-state index contributed by atoms with van der Waals surface area (Å²) in [5, 5.41) is 3.42. The third-order valence-electron chi connectivity index (χ3n) is 4.30. The normalized spacial score (nSPS) is 24.9. The Labute approximate surface area is 104 Å². The molecule has 2 aliphatic rings. The van der Waals surface area contributed by atoms with Crippen molar-refractivity contribution in [3.8, 4) is 0 Å². The average molecular weight is 230 g/mol. The topological polar surface area (TPSA) is 38.0 Å². The molecule has 1 saturated heterocycles. The molecular formula is C15H22N2. The molecule has 3 rings (SSSR count). The molecule has 0 amide bonds. The van der Waals surface area contributed by atoms with Gasteiger partial charge in [-0.3, -0.25) is 0 Å². The third-order valence-corrected chi connectivity index (χ3v) is 4.30. The standard InChI is InChI=1S/C15H22N2/c16-15(8-11-6-7-17-10-11)14-5-4-12-2-1-3-13(12)9-14/h4-5,9,11,15,17H,1-3,6-8,10,16H2. The predicted molar refractivity (Wildman–Crippen MR) is 71.0 cm³/mol. The van der Waals surface area contributed by atoms with Crippen molar-refractivity contribution in [1.82, 2.24) is 5.32 Å². The molecule has 0 bridgehead atoms. The van der Waals surface area contributed by atoms with Crippen LogP contribution in [0.1, 0.15) is 42.0 Å². The Morgan fingerprint density at radius 2 is 2.18 bits per heavy atom. The van der Waals surface area contributed by atoms with Crippen molar-refractivity contribution >= 4 is 0 Å². The summed E-state index contributed by atoms with van der Waals surface area (Å²) in [4.78, 5) is 0. The third kappa shape index (κ3) is 2.38. The summed E-state index contributed by atoms with van der Waals surface area (Å²) >= 11 is 0. The van der Waals surface area contributed by atoms with Crippen molar-refractivity contribution in [2.45, 2.75) is 38.1 Å². The van der Waals surface area contributed by atoms with E-state index in [1.165, 1.54) is 37.8 Å². The second-order valence-corrected chi connectivity index (χ2v) is 5.58. The van der Waals surface area contributed by atoms with E-state index in [1.807, 2.05) is 0 Å². The van der Waals surface area contributed by atoms with Gasteiger partial charge in [-0.2, -0.15) is 0 Å². The Morgan fingerprint density at radius 3 is 3.00 bits per heavy atom. The van der Waals surface area contributed by atoms with E-state index in [0.29, 0.717) is 0 Å². The van der Waals surface area contributed by atoms with Gasteiger partial charge in [0.2, 0.25) is 0 Å². The van der Waals surface area contributed by atoms with Gasteiger partial charge in [-0.15, -0.1) is 0 Å². The molecule has 2 atom stereocenters. The second kappa shape index (κ2) is 4.79.